The molecular formula is C20H25ClN2OS. The monoisotopic (exact) mass is 376 g/mol. The molecule has 2 aromatic carbocycles. The predicted octanol–water partition coefficient (Wildman–Crippen LogP) is 1.64. The molecule has 3 nitrogen and oxygen atoms in total. The molecule has 0 aliphatic rings. The molecule has 0 amide bonds. The maximum absolute atomic E-state index is 5.63. The van der Waals surface area contributed by atoms with Crippen molar-refractivity contribution in [3.63, 3.8) is 0 Å². The van der Waals surface area contributed by atoms with Crippen molar-refractivity contribution in [3.8, 4) is 16.3 Å². The summed E-state index contributed by atoms with van der Waals surface area (Å²) >= 11 is 1.81. The fraction of sp³-hybridized carbons (Fsp3) is 0.350. The molecule has 134 valence electrons. The summed E-state index contributed by atoms with van der Waals surface area (Å²) in [5.74, 6) is 0.940. The van der Waals surface area contributed by atoms with Crippen molar-refractivity contribution in [2.24, 2.45) is 7.05 Å². The van der Waals surface area contributed by atoms with E-state index in [4.69, 9.17) is 4.74 Å². The van der Waals surface area contributed by atoms with Crippen LogP contribution in [0, 0.1) is 0 Å². The van der Waals surface area contributed by atoms with Crippen LogP contribution in [0.15, 0.2) is 42.5 Å². The third-order valence-corrected chi connectivity index (χ3v) is 5.61. The Balaban J connectivity index is 0.00000225. The SMILES string of the molecule is CCOc1ccc2c(c1)sc(-c1ccc(N(CC)CC)cc1)[n+]2C.[Cl-]. The number of hydrogen-bond acceptors (Lipinski definition) is 3. The Bertz CT molecular complexity index is 826. The fourth-order valence-electron chi connectivity index (χ4n) is 3.05. The molecule has 0 unspecified atom stereocenters. The molecule has 0 atom stereocenters. The number of thiazole rings is 1. The molecule has 0 saturated carbocycles. The van der Waals surface area contributed by atoms with Crippen molar-refractivity contribution < 1.29 is 21.7 Å². The van der Waals surface area contributed by atoms with E-state index in [1.54, 1.807) is 0 Å². The molecule has 0 aliphatic heterocycles. The number of aromatic nitrogens is 1. The second kappa shape index (κ2) is 8.54. The van der Waals surface area contributed by atoms with Crippen LogP contribution in [0.25, 0.3) is 20.8 Å². The minimum atomic E-state index is 0. The van der Waals surface area contributed by atoms with E-state index in [1.807, 2.05) is 24.3 Å². The summed E-state index contributed by atoms with van der Waals surface area (Å²) in [5, 5.41) is 1.27. The van der Waals surface area contributed by atoms with Gasteiger partial charge in [-0.15, -0.1) is 0 Å². The summed E-state index contributed by atoms with van der Waals surface area (Å²) in [6, 6.07) is 15.2. The number of halogens is 1. The number of hydrogen-bond donors (Lipinski definition) is 0. The molecule has 1 heterocycles. The summed E-state index contributed by atoms with van der Waals surface area (Å²) < 4.78 is 9.15. The Morgan fingerprint density at radius 2 is 1.68 bits per heavy atom. The molecule has 0 bridgehead atoms. The lowest BCUT2D eigenvalue weighted by Gasteiger charge is -2.20. The largest absolute Gasteiger partial charge is 1.00 e. The molecule has 0 fully saturated rings. The van der Waals surface area contributed by atoms with Gasteiger partial charge in [0.1, 0.15) is 17.5 Å². The van der Waals surface area contributed by atoms with Gasteiger partial charge in [-0.25, -0.2) is 0 Å². The zero-order valence-electron chi connectivity index (χ0n) is 15.3. The van der Waals surface area contributed by atoms with Crippen LogP contribution in [0.3, 0.4) is 0 Å². The Labute approximate surface area is 160 Å². The van der Waals surface area contributed by atoms with Crippen LogP contribution in [0.2, 0.25) is 0 Å². The Morgan fingerprint density at radius 1 is 1.00 bits per heavy atom. The van der Waals surface area contributed by atoms with Crippen molar-refractivity contribution in [2.45, 2.75) is 20.8 Å². The van der Waals surface area contributed by atoms with Crippen LogP contribution in [0.5, 0.6) is 5.75 Å². The van der Waals surface area contributed by atoms with Crippen LogP contribution >= 0.6 is 11.3 Å². The average Bonchev–Trinajstić information content (AvgIpc) is 2.93. The molecule has 0 aliphatic carbocycles. The second-order valence-electron chi connectivity index (χ2n) is 5.75. The number of aryl methyl sites for hydroxylation is 1. The first-order valence-corrected chi connectivity index (χ1v) is 9.40. The molecule has 3 rings (SSSR count). The number of anilines is 1. The maximum Gasteiger partial charge on any atom is 0.269 e. The average molecular weight is 377 g/mol. The third kappa shape index (κ3) is 3.91. The summed E-state index contributed by atoms with van der Waals surface area (Å²) in [6.07, 6.45) is 0. The molecule has 25 heavy (non-hydrogen) atoms. The third-order valence-electron chi connectivity index (χ3n) is 4.36. The van der Waals surface area contributed by atoms with Gasteiger partial charge in [0.15, 0.2) is 0 Å². The molecule has 0 saturated heterocycles. The molecule has 0 spiro atoms. The highest BCUT2D eigenvalue weighted by Crippen LogP contribution is 2.31. The molecular weight excluding hydrogens is 352 g/mol. The van der Waals surface area contributed by atoms with Crippen molar-refractivity contribution in [2.75, 3.05) is 24.6 Å². The van der Waals surface area contributed by atoms with E-state index in [9.17, 15) is 0 Å². The summed E-state index contributed by atoms with van der Waals surface area (Å²) in [6.45, 7) is 9.17. The Kier molecular flexibility index (Phi) is 6.68. The lowest BCUT2D eigenvalue weighted by Crippen LogP contribution is -3.00. The van der Waals surface area contributed by atoms with E-state index in [0.29, 0.717) is 6.61 Å². The summed E-state index contributed by atoms with van der Waals surface area (Å²) in [7, 11) is 2.13. The van der Waals surface area contributed by atoms with Crippen LogP contribution in [0.4, 0.5) is 5.69 Å². The van der Waals surface area contributed by atoms with E-state index < -0.39 is 0 Å². The van der Waals surface area contributed by atoms with E-state index in [-0.39, 0.29) is 12.4 Å². The van der Waals surface area contributed by atoms with Gasteiger partial charge in [0.25, 0.3) is 5.01 Å². The van der Waals surface area contributed by atoms with Gasteiger partial charge in [-0.2, -0.15) is 4.57 Å². The molecule has 1 aromatic heterocycles. The number of benzene rings is 2. The molecule has 0 N–H and O–H groups in total. The van der Waals surface area contributed by atoms with Gasteiger partial charge in [0.05, 0.1) is 12.2 Å². The van der Waals surface area contributed by atoms with Crippen molar-refractivity contribution in [3.05, 3.63) is 42.5 Å². The van der Waals surface area contributed by atoms with Gasteiger partial charge in [0.2, 0.25) is 5.52 Å². The Morgan fingerprint density at radius 3 is 2.28 bits per heavy atom. The van der Waals surface area contributed by atoms with Gasteiger partial charge in [-0.3, -0.25) is 0 Å². The minimum absolute atomic E-state index is 0. The van der Waals surface area contributed by atoms with E-state index in [0.717, 1.165) is 18.8 Å². The number of rotatable bonds is 6. The van der Waals surface area contributed by atoms with Gasteiger partial charge in [-0.05, 0) is 51.1 Å². The first kappa shape index (κ1) is 19.5. The molecule has 3 aromatic rings. The number of ether oxygens (including phenoxy) is 1. The van der Waals surface area contributed by atoms with Crippen LogP contribution in [-0.4, -0.2) is 19.7 Å². The highest BCUT2D eigenvalue weighted by molar-refractivity contribution is 7.21. The lowest BCUT2D eigenvalue weighted by molar-refractivity contribution is -0.629. The number of fused-ring (bicyclic) bond motifs is 1. The van der Waals surface area contributed by atoms with Gasteiger partial charge >= 0.3 is 0 Å². The summed E-state index contributed by atoms with van der Waals surface area (Å²) in [5.41, 5.74) is 3.78. The zero-order chi connectivity index (χ0) is 17.1. The first-order valence-electron chi connectivity index (χ1n) is 8.58. The van der Waals surface area contributed by atoms with E-state index in [2.05, 4.69) is 66.8 Å². The van der Waals surface area contributed by atoms with Gasteiger partial charge < -0.3 is 22.0 Å². The molecule has 5 heteroatoms. The van der Waals surface area contributed by atoms with Crippen LogP contribution in [-0.2, 0) is 7.05 Å². The minimum Gasteiger partial charge on any atom is -1.00 e. The zero-order valence-corrected chi connectivity index (χ0v) is 16.8. The molecule has 0 radical (unpaired) electrons. The maximum atomic E-state index is 5.63. The second-order valence-corrected chi connectivity index (χ2v) is 6.78. The lowest BCUT2D eigenvalue weighted by atomic mass is 10.2. The highest BCUT2D eigenvalue weighted by Gasteiger charge is 2.19. The van der Waals surface area contributed by atoms with Gasteiger partial charge in [-0.1, -0.05) is 11.3 Å². The topological polar surface area (TPSA) is 16.4 Å². The smallest absolute Gasteiger partial charge is 0.269 e. The fourth-order valence-corrected chi connectivity index (χ4v) is 4.23. The predicted molar refractivity (Wildman–Crippen MR) is 103 cm³/mol. The Hall–Kier alpha value is -1.78. The first-order chi connectivity index (χ1) is 11.7. The van der Waals surface area contributed by atoms with Crippen molar-refractivity contribution in [1.29, 1.82) is 0 Å². The number of nitrogens with zero attached hydrogens (tertiary/aromatic N) is 2. The van der Waals surface area contributed by atoms with E-state index in [1.165, 1.54) is 26.5 Å². The highest BCUT2D eigenvalue weighted by atomic mass is 35.5. The normalized spacial score (nSPS) is 10.6. The quantitative estimate of drug-likeness (QED) is 0.608. The van der Waals surface area contributed by atoms with Gasteiger partial charge in [0, 0.05) is 30.9 Å². The van der Waals surface area contributed by atoms with Crippen LogP contribution < -0.4 is 26.6 Å². The summed E-state index contributed by atoms with van der Waals surface area (Å²) in [4.78, 5) is 2.36. The van der Waals surface area contributed by atoms with Crippen molar-refractivity contribution >= 4 is 27.2 Å². The van der Waals surface area contributed by atoms with E-state index >= 15 is 0 Å². The standard InChI is InChI=1S/C20H25N2OS.ClH/c1-5-22(6-2)16-10-8-15(9-11-16)20-21(4)18-13-12-17(23-7-3)14-19(18)24-20;/h8-14H,5-7H2,1-4H3;1H/q+1;/p-1. The van der Waals surface area contributed by atoms with Crippen molar-refractivity contribution in [1.82, 2.24) is 0 Å². The van der Waals surface area contributed by atoms with Crippen LogP contribution in [0.1, 0.15) is 20.8 Å².